The van der Waals surface area contributed by atoms with E-state index in [4.69, 9.17) is 4.74 Å². The van der Waals surface area contributed by atoms with Gasteiger partial charge in [-0.05, 0) is 49.6 Å². The lowest BCUT2D eigenvalue weighted by Gasteiger charge is -2.32. The molecular formula is C19H25N3O2S. The highest BCUT2D eigenvalue weighted by Gasteiger charge is 2.25. The molecule has 5 nitrogen and oxygen atoms in total. The minimum Gasteiger partial charge on any atom is -0.375 e. The highest BCUT2D eigenvalue weighted by Crippen LogP contribution is 2.20. The van der Waals surface area contributed by atoms with Crippen LogP contribution in [0.1, 0.15) is 26.5 Å². The fraction of sp³-hybridized carbons (Fsp3) is 0.474. The van der Waals surface area contributed by atoms with Gasteiger partial charge in [0.15, 0.2) is 0 Å². The van der Waals surface area contributed by atoms with Crippen LogP contribution in [-0.4, -0.2) is 55.7 Å². The van der Waals surface area contributed by atoms with Crippen molar-refractivity contribution in [3.05, 3.63) is 45.8 Å². The van der Waals surface area contributed by atoms with Gasteiger partial charge in [0.1, 0.15) is 5.82 Å². The molecule has 2 aromatic rings. The summed E-state index contributed by atoms with van der Waals surface area (Å²) in [5.41, 5.74) is 1.25. The molecule has 3 heterocycles. The number of carbonyl (C=O) groups excluding carboxylic acids is 1. The average Bonchev–Trinajstić information content (AvgIpc) is 3.06. The normalized spacial score (nSPS) is 17.6. The Morgan fingerprint density at radius 2 is 2.24 bits per heavy atom. The lowest BCUT2D eigenvalue weighted by molar-refractivity contribution is -0.0244. The highest BCUT2D eigenvalue weighted by molar-refractivity contribution is 7.13. The molecule has 0 spiro atoms. The first kappa shape index (κ1) is 17.9. The number of aryl methyl sites for hydroxylation is 2. The van der Waals surface area contributed by atoms with Crippen LogP contribution in [0.25, 0.3) is 0 Å². The Labute approximate surface area is 153 Å². The molecule has 3 rings (SSSR count). The van der Waals surface area contributed by atoms with Crippen molar-refractivity contribution in [2.75, 3.05) is 38.7 Å². The molecular weight excluding hydrogens is 334 g/mol. The number of pyridine rings is 1. The van der Waals surface area contributed by atoms with Crippen LogP contribution in [-0.2, 0) is 11.2 Å². The largest absolute Gasteiger partial charge is 0.375 e. The molecule has 1 amide bonds. The number of rotatable bonds is 5. The third-order valence-corrected chi connectivity index (χ3v) is 5.39. The van der Waals surface area contributed by atoms with Gasteiger partial charge in [-0.3, -0.25) is 4.79 Å². The van der Waals surface area contributed by atoms with Crippen molar-refractivity contribution in [2.45, 2.75) is 25.9 Å². The molecule has 6 heteroatoms. The minimum atomic E-state index is 0.0923. The summed E-state index contributed by atoms with van der Waals surface area (Å²) in [4.78, 5) is 22.9. The lowest BCUT2D eigenvalue weighted by Crippen LogP contribution is -2.45. The molecule has 0 radical (unpaired) electrons. The molecule has 134 valence electrons. The monoisotopic (exact) mass is 359 g/mol. The van der Waals surface area contributed by atoms with Gasteiger partial charge in [0.25, 0.3) is 5.91 Å². The van der Waals surface area contributed by atoms with E-state index < -0.39 is 0 Å². The number of carbonyl (C=O) groups is 1. The lowest BCUT2D eigenvalue weighted by atomic mass is 10.1. The fourth-order valence-corrected chi connectivity index (χ4v) is 3.81. The smallest absolute Gasteiger partial charge is 0.264 e. The summed E-state index contributed by atoms with van der Waals surface area (Å²) < 4.78 is 5.88. The maximum Gasteiger partial charge on any atom is 0.264 e. The SMILES string of the molecule is Cc1ccc(C(=O)N2CCO[C@H](CCc3ccnc(N(C)C)c3)C2)s1. The zero-order chi connectivity index (χ0) is 17.8. The van der Waals surface area contributed by atoms with Crippen LogP contribution < -0.4 is 4.90 Å². The van der Waals surface area contributed by atoms with Crippen LogP contribution in [0.3, 0.4) is 0 Å². The topological polar surface area (TPSA) is 45.7 Å². The summed E-state index contributed by atoms with van der Waals surface area (Å²) >= 11 is 1.56. The molecule has 0 aliphatic carbocycles. The van der Waals surface area contributed by atoms with Crippen LogP contribution in [0.4, 0.5) is 5.82 Å². The average molecular weight is 359 g/mol. The molecule has 0 unspecified atom stereocenters. The number of amides is 1. The van der Waals surface area contributed by atoms with E-state index in [9.17, 15) is 4.79 Å². The van der Waals surface area contributed by atoms with Crippen molar-refractivity contribution < 1.29 is 9.53 Å². The van der Waals surface area contributed by atoms with Crippen molar-refractivity contribution in [1.29, 1.82) is 0 Å². The molecule has 1 fully saturated rings. The molecule has 0 aromatic carbocycles. The van der Waals surface area contributed by atoms with Gasteiger partial charge in [-0.2, -0.15) is 0 Å². The van der Waals surface area contributed by atoms with Gasteiger partial charge in [-0.15, -0.1) is 11.3 Å². The summed E-state index contributed by atoms with van der Waals surface area (Å²) in [6.45, 7) is 3.98. The van der Waals surface area contributed by atoms with Crippen molar-refractivity contribution in [2.24, 2.45) is 0 Å². The molecule has 2 aromatic heterocycles. The van der Waals surface area contributed by atoms with Crippen LogP contribution in [0, 0.1) is 6.92 Å². The summed E-state index contributed by atoms with van der Waals surface area (Å²) in [6, 6.07) is 8.08. The number of nitrogens with zero attached hydrogens (tertiary/aromatic N) is 3. The number of ether oxygens (including phenoxy) is 1. The fourth-order valence-electron chi connectivity index (χ4n) is 2.97. The Kier molecular flexibility index (Phi) is 5.71. The Morgan fingerprint density at radius 3 is 2.96 bits per heavy atom. The predicted molar refractivity (Wildman–Crippen MR) is 102 cm³/mol. The van der Waals surface area contributed by atoms with E-state index in [2.05, 4.69) is 11.1 Å². The Hall–Kier alpha value is -1.92. The van der Waals surface area contributed by atoms with Crippen molar-refractivity contribution in [3.63, 3.8) is 0 Å². The molecule has 0 saturated carbocycles. The van der Waals surface area contributed by atoms with Crippen LogP contribution >= 0.6 is 11.3 Å². The zero-order valence-electron chi connectivity index (χ0n) is 15.1. The van der Waals surface area contributed by atoms with E-state index in [1.807, 2.05) is 55.2 Å². The van der Waals surface area contributed by atoms with E-state index in [0.717, 1.165) is 23.5 Å². The van der Waals surface area contributed by atoms with Crippen LogP contribution in [0.5, 0.6) is 0 Å². The molecule has 1 saturated heterocycles. The highest BCUT2D eigenvalue weighted by atomic mass is 32.1. The number of hydrogen-bond acceptors (Lipinski definition) is 5. The second kappa shape index (κ2) is 7.97. The molecule has 1 aliphatic heterocycles. The first-order valence-corrected chi connectivity index (χ1v) is 9.44. The van der Waals surface area contributed by atoms with Gasteiger partial charge in [0.2, 0.25) is 0 Å². The van der Waals surface area contributed by atoms with Crippen molar-refractivity contribution in [3.8, 4) is 0 Å². The maximum atomic E-state index is 12.6. The summed E-state index contributed by atoms with van der Waals surface area (Å²) in [6.07, 6.45) is 3.77. The standard InChI is InChI=1S/C19H25N3O2S/c1-14-4-7-17(25-14)19(23)22-10-11-24-16(13-22)6-5-15-8-9-20-18(12-15)21(2)3/h4,7-9,12,16H,5-6,10-11,13H2,1-3H3/t16-/m1/s1. The summed E-state index contributed by atoms with van der Waals surface area (Å²) in [5.74, 6) is 1.09. The third-order valence-electron chi connectivity index (χ3n) is 4.40. The maximum absolute atomic E-state index is 12.6. The van der Waals surface area contributed by atoms with Gasteiger partial charge < -0.3 is 14.5 Å². The quantitative estimate of drug-likeness (QED) is 0.823. The third kappa shape index (κ3) is 4.58. The van der Waals surface area contributed by atoms with Gasteiger partial charge in [0.05, 0.1) is 17.6 Å². The molecule has 1 aliphatic rings. The Bertz CT molecular complexity index is 729. The number of thiophene rings is 1. The van der Waals surface area contributed by atoms with Crippen molar-refractivity contribution in [1.82, 2.24) is 9.88 Å². The second-order valence-corrected chi connectivity index (χ2v) is 7.90. The van der Waals surface area contributed by atoms with Gasteiger partial charge in [-0.25, -0.2) is 4.98 Å². The van der Waals surface area contributed by atoms with Crippen LogP contribution in [0.2, 0.25) is 0 Å². The summed E-state index contributed by atoms with van der Waals surface area (Å²) in [7, 11) is 3.98. The van der Waals surface area contributed by atoms with E-state index in [1.54, 1.807) is 11.3 Å². The van der Waals surface area contributed by atoms with Crippen molar-refractivity contribution >= 4 is 23.1 Å². The van der Waals surface area contributed by atoms with E-state index in [0.29, 0.717) is 19.7 Å². The Morgan fingerprint density at radius 1 is 1.40 bits per heavy atom. The number of anilines is 1. The first-order valence-electron chi connectivity index (χ1n) is 8.62. The zero-order valence-corrected chi connectivity index (χ0v) is 15.9. The van der Waals surface area contributed by atoms with Crippen LogP contribution in [0.15, 0.2) is 30.5 Å². The molecule has 0 N–H and O–H groups in total. The first-order chi connectivity index (χ1) is 12.0. The Balaban J connectivity index is 1.57. The number of aromatic nitrogens is 1. The van der Waals surface area contributed by atoms with E-state index in [-0.39, 0.29) is 12.0 Å². The number of morpholine rings is 1. The van der Waals surface area contributed by atoms with Gasteiger partial charge >= 0.3 is 0 Å². The molecule has 0 bridgehead atoms. The van der Waals surface area contributed by atoms with Gasteiger partial charge in [0, 0.05) is 38.3 Å². The molecule has 1 atom stereocenters. The predicted octanol–water partition coefficient (Wildman–Crippen LogP) is 2.99. The number of hydrogen-bond donors (Lipinski definition) is 0. The van der Waals surface area contributed by atoms with Gasteiger partial charge in [-0.1, -0.05) is 0 Å². The van der Waals surface area contributed by atoms with E-state index in [1.165, 1.54) is 10.4 Å². The molecule has 25 heavy (non-hydrogen) atoms. The minimum absolute atomic E-state index is 0.0923. The summed E-state index contributed by atoms with van der Waals surface area (Å²) in [5, 5.41) is 0. The second-order valence-electron chi connectivity index (χ2n) is 6.61. The van der Waals surface area contributed by atoms with E-state index >= 15 is 0 Å².